The lowest BCUT2D eigenvalue weighted by molar-refractivity contribution is 0.122. The quantitative estimate of drug-likeness (QED) is 0.843. The standard InChI is InChI=1S/C16H24N4O3/c1-10-17-7-11-5-12(3-4-15(11)18-10)19-16(22)20-8-14(21)6-13(20)9-23-2/h7,12-14,21H,3-6,8-9H2,1-2H3,(H,19,22)/t12?,13-,14-/m1/s1. The third-order valence-electron chi connectivity index (χ3n) is 4.61. The van der Waals surface area contributed by atoms with E-state index in [1.807, 2.05) is 13.1 Å². The summed E-state index contributed by atoms with van der Waals surface area (Å²) in [6, 6.07) is -0.0933. The molecule has 3 atom stereocenters. The number of β-amino-alcohol motifs (C(OH)–C–C–N with tert-alkyl or cyclic N) is 1. The number of nitrogens with zero attached hydrogens (tertiary/aromatic N) is 3. The Hall–Kier alpha value is -1.73. The molecule has 1 aliphatic heterocycles. The minimum absolute atomic E-state index is 0.0585. The number of hydrogen-bond donors (Lipinski definition) is 2. The number of fused-ring (bicyclic) bond motifs is 1. The van der Waals surface area contributed by atoms with Crippen molar-refractivity contribution in [2.24, 2.45) is 0 Å². The SMILES string of the molecule is COC[C@H]1C[C@@H](O)CN1C(=O)NC1CCc2nc(C)ncc2C1. The van der Waals surface area contributed by atoms with Crippen molar-refractivity contribution in [1.82, 2.24) is 20.2 Å². The van der Waals surface area contributed by atoms with Crippen LogP contribution in [0.5, 0.6) is 0 Å². The highest BCUT2D eigenvalue weighted by atomic mass is 16.5. The number of aliphatic hydroxyl groups is 1. The topological polar surface area (TPSA) is 87.6 Å². The Balaban J connectivity index is 1.61. The average Bonchev–Trinajstić information content (AvgIpc) is 2.89. The lowest BCUT2D eigenvalue weighted by atomic mass is 9.93. The highest BCUT2D eigenvalue weighted by Gasteiger charge is 2.35. The summed E-state index contributed by atoms with van der Waals surface area (Å²) in [6.45, 7) is 2.71. The molecule has 0 spiro atoms. The van der Waals surface area contributed by atoms with Gasteiger partial charge >= 0.3 is 6.03 Å². The third kappa shape index (κ3) is 3.61. The lowest BCUT2D eigenvalue weighted by Gasteiger charge is -2.29. The Morgan fingerprint density at radius 1 is 1.57 bits per heavy atom. The maximum absolute atomic E-state index is 12.5. The van der Waals surface area contributed by atoms with Crippen LogP contribution in [-0.2, 0) is 17.6 Å². The van der Waals surface area contributed by atoms with Gasteiger partial charge in [-0.3, -0.25) is 0 Å². The minimum atomic E-state index is -0.468. The largest absolute Gasteiger partial charge is 0.391 e. The van der Waals surface area contributed by atoms with E-state index in [2.05, 4.69) is 15.3 Å². The Bertz CT molecular complexity index is 580. The molecular formula is C16H24N4O3. The Morgan fingerprint density at radius 3 is 3.17 bits per heavy atom. The van der Waals surface area contributed by atoms with Gasteiger partial charge in [0.25, 0.3) is 0 Å². The predicted octanol–water partition coefficient (Wildman–Crippen LogP) is 0.434. The van der Waals surface area contributed by atoms with Gasteiger partial charge in [-0.05, 0) is 38.2 Å². The molecule has 126 valence electrons. The summed E-state index contributed by atoms with van der Waals surface area (Å²) in [7, 11) is 1.61. The number of hydrogen-bond acceptors (Lipinski definition) is 5. The van der Waals surface area contributed by atoms with Gasteiger partial charge in [-0.2, -0.15) is 0 Å². The minimum Gasteiger partial charge on any atom is -0.391 e. The van der Waals surface area contributed by atoms with E-state index >= 15 is 0 Å². The number of aliphatic hydroxyl groups excluding tert-OH is 1. The van der Waals surface area contributed by atoms with E-state index in [9.17, 15) is 9.90 Å². The van der Waals surface area contributed by atoms with Crippen molar-refractivity contribution in [2.75, 3.05) is 20.3 Å². The monoisotopic (exact) mass is 320 g/mol. The van der Waals surface area contributed by atoms with Crippen molar-refractivity contribution in [3.63, 3.8) is 0 Å². The van der Waals surface area contributed by atoms with Crippen molar-refractivity contribution >= 4 is 6.03 Å². The molecule has 2 aliphatic rings. The number of ether oxygens (including phenoxy) is 1. The van der Waals surface area contributed by atoms with Gasteiger partial charge in [-0.25, -0.2) is 14.8 Å². The second-order valence-electron chi connectivity index (χ2n) is 6.43. The van der Waals surface area contributed by atoms with Crippen LogP contribution in [-0.4, -0.2) is 64.5 Å². The van der Waals surface area contributed by atoms with Gasteiger partial charge in [-0.15, -0.1) is 0 Å². The summed E-state index contributed by atoms with van der Waals surface area (Å²) in [4.78, 5) is 22.9. The second kappa shape index (κ2) is 6.80. The fraction of sp³-hybridized carbons (Fsp3) is 0.688. The molecular weight excluding hydrogens is 296 g/mol. The Morgan fingerprint density at radius 2 is 2.39 bits per heavy atom. The maximum atomic E-state index is 12.5. The number of urea groups is 1. The van der Waals surface area contributed by atoms with Crippen LogP contribution in [0.2, 0.25) is 0 Å². The lowest BCUT2D eigenvalue weighted by Crippen LogP contribution is -2.49. The van der Waals surface area contributed by atoms with E-state index < -0.39 is 6.10 Å². The van der Waals surface area contributed by atoms with Crippen molar-refractivity contribution in [2.45, 2.75) is 50.8 Å². The first-order valence-electron chi connectivity index (χ1n) is 8.12. The summed E-state index contributed by atoms with van der Waals surface area (Å²) in [6.07, 6.45) is 4.45. The van der Waals surface area contributed by atoms with Gasteiger partial charge in [0.2, 0.25) is 0 Å². The van der Waals surface area contributed by atoms with E-state index in [0.717, 1.165) is 36.3 Å². The molecule has 0 aromatic carbocycles. The van der Waals surface area contributed by atoms with Crippen LogP contribution in [0.15, 0.2) is 6.20 Å². The smallest absolute Gasteiger partial charge is 0.318 e. The maximum Gasteiger partial charge on any atom is 0.318 e. The van der Waals surface area contributed by atoms with Crippen molar-refractivity contribution in [3.8, 4) is 0 Å². The molecule has 1 aliphatic carbocycles. The van der Waals surface area contributed by atoms with Crippen LogP contribution in [0.25, 0.3) is 0 Å². The number of carbonyl (C=O) groups is 1. The molecule has 3 rings (SSSR count). The van der Waals surface area contributed by atoms with Crippen LogP contribution in [0.1, 0.15) is 29.9 Å². The highest BCUT2D eigenvalue weighted by molar-refractivity contribution is 5.75. The molecule has 0 saturated carbocycles. The van der Waals surface area contributed by atoms with Gasteiger partial charge in [0.1, 0.15) is 5.82 Å². The number of aryl methyl sites for hydroxylation is 2. The summed E-state index contributed by atoms with van der Waals surface area (Å²) < 4.78 is 5.15. The van der Waals surface area contributed by atoms with Crippen molar-refractivity contribution in [1.29, 1.82) is 0 Å². The number of aromatic nitrogens is 2. The third-order valence-corrected chi connectivity index (χ3v) is 4.61. The van der Waals surface area contributed by atoms with Gasteiger partial charge in [0.15, 0.2) is 0 Å². The molecule has 7 heteroatoms. The van der Waals surface area contributed by atoms with Gasteiger partial charge in [0.05, 0.1) is 18.8 Å². The van der Waals surface area contributed by atoms with E-state index in [1.165, 1.54) is 0 Å². The number of amides is 2. The molecule has 1 aromatic rings. The zero-order valence-electron chi connectivity index (χ0n) is 13.7. The molecule has 1 fully saturated rings. The van der Waals surface area contributed by atoms with E-state index in [1.54, 1.807) is 12.0 Å². The zero-order chi connectivity index (χ0) is 16.4. The fourth-order valence-electron chi connectivity index (χ4n) is 3.48. The number of likely N-dealkylation sites (tertiary alicyclic amines) is 1. The average molecular weight is 320 g/mol. The number of carbonyl (C=O) groups excluding carboxylic acids is 1. The first-order chi connectivity index (χ1) is 11.1. The fourth-order valence-corrected chi connectivity index (χ4v) is 3.48. The predicted molar refractivity (Wildman–Crippen MR) is 84.1 cm³/mol. The van der Waals surface area contributed by atoms with Crippen molar-refractivity contribution in [3.05, 3.63) is 23.3 Å². The van der Waals surface area contributed by atoms with Crippen LogP contribution < -0.4 is 5.32 Å². The first kappa shape index (κ1) is 16.1. The highest BCUT2D eigenvalue weighted by Crippen LogP contribution is 2.21. The van der Waals surface area contributed by atoms with Crippen LogP contribution in [0.4, 0.5) is 4.79 Å². The zero-order valence-corrected chi connectivity index (χ0v) is 13.7. The molecule has 1 saturated heterocycles. The number of nitrogens with one attached hydrogen (secondary N) is 1. The van der Waals surface area contributed by atoms with Gasteiger partial charge < -0.3 is 20.1 Å². The van der Waals surface area contributed by atoms with Crippen LogP contribution >= 0.6 is 0 Å². The van der Waals surface area contributed by atoms with Crippen molar-refractivity contribution < 1.29 is 14.6 Å². The second-order valence-corrected chi connectivity index (χ2v) is 6.43. The molecule has 0 radical (unpaired) electrons. The normalized spacial score (nSPS) is 26.9. The molecule has 2 heterocycles. The molecule has 1 unspecified atom stereocenters. The molecule has 2 amide bonds. The number of methoxy groups -OCH3 is 1. The summed E-state index contributed by atoms with van der Waals surface area (Å²) in [5.74, 6) is 0.791. The molecule has 7 nitrogen and oxygen atoms in total. The number of rotatable bonds is 3. The van der Waals surface area contributed by atoms with E-state index in [4.69, 9.17) is 4.74 Å². The van der Waals surface area contributed by atoms with Gasteiger partial charge in [0, 0.05) is 31.6 Å². The van der Waals surface area contributed by atoms with E-state index in [0.29, 0.717) is 19.6 Å². The van der Waals surface area contributed by atoms with Gasteiger partial charge in [-0.1, -0.05) is 0 Å². The first-order valence-corrected chi connectivity index (χ1v) is 8.12. The Kier molecular flexibility index (Phi) is 4.77. The van der Waals surface area contributed by atoms with Crippen LogP contribution in [0, 0.1) is 6.92 Å². The molecule has 23 heavy (non-hydrogen) atoms. The summed E-state index contributed by atoms with van der Waals surface area (Å²) in [5.41, 5.74) is 2.21. The van der Waals surface area contributed by atoms with E-state index in [-0.39, 0.29) is 18.1 Å². The molecule has 1 aromatic heterocycles. The summed E-state index contributed by atoms with van der Waals surface area (Å²) in [5, 5.41) is 12.9. The molecule has 2 N–H and O–H groups in total. The summed E-state index contributed by atoms with van der Waals surface area (Å²) >= 11 is 0. The van der Waals surface area contributed by atoms with Crippen LogP contribution in [0.3, 0.4) is 0 Å². The Labute approximate surface area is 136 Å². The molecule has 0 bridgehead atoms.